The highest BCUT2D eigenvalue weighted by Gasteiger charge is 2.52. The molecule has 7 heteroatoms. The lowest BCUT2D eigenvalue weighted by Gasteiger charge is -2.29. The Morgan fingerprint density at radius 2 is 1.93 bits per heavy atom. The minimum absolute atomic E-state index is 0.219. The first kappa shape index (κ1) is 18.0. The van der Waals surface area contributed by atoms with Crippen molar-refractivity contribution in [1.29, 1.82) is 0 Å². The average Bonchev–Trinajstić information content (AvgIpc) is 3.42. The third-order valence-electron chi connectivity index (χ3n) is 5.39. The predicted octanol–water partition coefficient (Wildman–Crippen LogP) is 3.21. The molecule has 0 spiro atoms. The number of sulfonamides is 1. The molecule has 0 saturated heterocycles. The molecule has 2 aromatic carbocycles. The molecule has 0 radical (unpaired) electrons. The standard InChI is InChI=1S/C20H21FN2O3S/c1-27(25,26)23-12-4-5-14-13-15(8-9-18(14)23)22-19(24)20(10-11-20)16-6-2-3-7-17(16)21/h2-3,6-9,13H,4-5,10-12H2,1H3,(H,22,24). The van der Waals surface area contributed by atoms with Gasteiger partial charge in [-0.3, -0.25) is 9.10 Å². The molecule has 2 aliphatic rings. The molecular formula is C20H21FN2O3S. The highest BCUT2D eigenvalue weighted by molar-refractivity contribution is 7.92. The van der Waals surface area contributed by atoms with E-state index in [9.17, 15) is 17.6 Å². The molecule has 1 amide bonds. The van der Waals surface area contributed by atoms with E-state index in [1.165, 1.54) is 16.6 Å². The normalized spacial score (nSPS) is 17.9. The molecule has 0 bridgehead atoms. The van der Waals surface area contributed by atoms with Gasteiger partial charge in [0, 0.05) is 17.8 Å². The summed E-state index contributed by atoms with van der Waals surface area (Å²) < 4.78 is 39.5. The topological polar surface area (TPSA) is 66.5 Å². The van der Waals surface area contributed by atoms with Gasteiger partial charge in [0.15, 0.2) is 0 Å². The maximum atomic E-state index is 14.2. The molecule has 1 aliphatic heterocycles. The first-order valence-corrected chi connectivity index (χ1v) is 10.8. The van der Waals surface area contributed by atoms with Crippen molar-refractivity contribution in [2.45, 2.75) is 31.1 Å². The van der Waals surface area contributed by atoms with Gasteiger partial charge in [-0.15, -0.1) is 0 Å². The second kappa shape index (κ2) is 6.34. The molecule has 1 aliphatic carbocycles. The maximum Gasteiger partial charge on any atom is 0.235 e. The van der Waals surface area contributed by atoms with E-state index in [2.05, 4.69) is 5.32 Å². The van der Waals surface area contributed by atoms with Crippen LogP contribution in [0.25, 0.3) is 0 Å². The van der Waals surface area contributed by atoms with E-state index in [1.54, 1.807) is 30.3 Å². The minimum Gasteiger partial charge on any atom is -0.325 e. The molecule has 1 saturated carbocycles. The second-order valence-corrected chi connectivity index (χ2v) is 9.21. The molecule has 0 atom stereocenters. The van der Waals surface area contributed by atoms with E-state index in [0.717, 1.165) is 18.4 Å². The number of hydrogen-bond acceptors (Lipinski definition) is 3. The van der Waals surface area contributed by atoms with Crippen LogP contribution in [0, 0.1) is 5.82 Å². The van der Waals surface area contributed by atoms with Crippen molar-refractivity contribution in [3.05, 3.63) is 59.4 Å². The number of halogens is 1. The number of benzene rings is 2. The van der Waals surface area contributed by atoms with Gasteiger partial charge in [-0.25, -0.2) is 12.8 Å². The van der Waals surface area contributed by atoms with E-state index in [0.29, 0.717) is 36.3 Å². The number of nitrogens with one attached hydrogen (secondary N) is 1. The van der Waals surface area contributed by atoms with Crippen LogP contribution in [-0.4, -0.2) is 27.1 Å². The molecule has 0 aromatic heterocycles. The van der Waals surface area contributed by atoms with Gasteiger partial charge < -0.3 is 5.32 Å². The summed E-state index contributed by atoms with van der Waals surface area (Å²) in [6, 6.07) is 11.7. The Morgan fingerprint density at radius 3 is 2.59 bits per heavy atom. The van der Waals surface area contributed by atoms with Gasteiger partial charge in [-0.1, -0.05) is 18.2 Å². The molecule has 1 heterocycles. The van der Waals surface area contributed by atoms with Crippen molar-refractivity contribution in [2.75, 3.05) is 22.4 Å². The summed E-state index contributed by atoms with van der Waals surface area (Å²) in [5, 5.41) is 2.90. The molecule has 1 fully saturated rings. The Bertz CT molecular complexity index is 1020. The predicted molar refractivity (Wildman–Crippen MR) is 103 cm³/mol. The van der Waals surface area contributed by atoms with E-state index in [-0.39, 0.29) is 11.7 Å². The molecule has 1 N–H and O–H groups in total. The summed E-state index contributed by atoms with van der Waals surface area (Å²) in [5.41, 5.74) is 1.79. The number of aryl methyl sites for hydroxylation is 1. The van der Waals surface area contributed by atoms with E-state index in [1.807, 2.05) is 6.07 Å². The van der Waals surface area contributed by atoms with Gasteiger partial charge in [0.1, 0.15) is 5.82 Å². The summed E-state index contributed by atoms with van der Waals surface area (Å²) in [6.07, 6.45) is 3.92. The summed E-state index contributed by atoms with van der Waals surface area (Å²) in [5.74, 6) is -0.581. The quantitative estimate of drug-likeness (QED) is 0.875. The van der Waals surface area contributed by atoms with Crippen molar-refractivity contribution >= 4 is 27.3 Å². The molecule has 0 unspecified atom stereocenters. The number of carbonyl (C=O) groups excluding carboxylic acids is 1. The summed E-state index contributed by atoms with van der Waals surface area (Å²) in [6.45, 7) is 0.466. The summed E-state index contributed by atoms with van der Waals surface area (Å²) in [7, 11) is -3.32. The SMILES string of the molecule is CS(=O)(=O)N1CCCc2cc(NC(=O)C3(c4ccccc4F)CC3)ccc21. The first-order chi connectivity index (χ1) is 12.8. The first-order valence-electron chi connectivity index (χ1n) is 8.98. The number of anilines is 2. The lowest BCUT2D eigenvalue weighted by molar-refractivity contribution is -0.118. The third kappa shape index (κ3) is 3.20. The fourth-order valence-corrected chi connectivity index (χ4v) is 4.82. The van der Waals surface area contributed by atoms with Crippen molar-refractivity contribution in [3.63, 3.8) is 0 Å². The van der Waals surface area contributed by atoms with Crippen molar-refractivity contribution in [1.82, 2.24) is 0 Å². The zero-order valence-electron chi connectivity index (χ0n) is 15.0. The fourth-order valence-electron chi connectivity index (χ4n) is 3.83. The minimum atomic E-state index is -3.32. The van der Waals surface area contributed by atoms with Crippen LogP contribution in [0.1, 0.15) is 30.4 Å². The number of amides is 1. The number of carbonyl (C=O) groups is 1. The number of hydrogen-bond donors (Lipinski definition) is 1. The monoisotopic (exact) mass is 388 g/mol. The Morgan fingerprint density at radius 1 is 1.19 bits per heavy atom. The van der Waals surface area contributed by atoms with Crippen LogP contribution in [0.5, 0.6) is 0 Å². The maximum absolute atomic E-state index is 14.2. The average molecular weight is 388 g/mol. The van der Waals surface area contributed by atoms with E-state index < -0.39 is 15.4 Å². The van der Waals surface area contributed by atoms with Gasteiger partial charge in [0.2, 0.25) is 15.9 Å². The molecule has 4 rings (SSSR count). The van der Waals surface area contributed by atoms with Crippen LogP contribution in [-0.2, 0) is 26.7 Å². The number of nitrogens with zero attached hydrogens (tertiary/aromatic N) is 1. The van der Waals surface area contributed by atoms with Gasteiger partial charge in [-0.2, -0.15) is 0 Å². The van der Waals surface area contributed by atoms with Crippen LogP contribution >= 0.6 is 0 Å². The molecular weight excluding hydrogens is 367 g/mol. The van der Waals surface area contributed by atoms with E-state index >= 15 is 0 Å². The zero-order valence-corrected chi connectivity index (χ0v) is 15.9. The highest BCUT2D eigenvalue weighted by atomic mass is 32.2. The smallest absolute Gasteiger partial charge is 0.235 e. The van der Waals surface area contributed by atoms with Crippen LogP contribution in [0.4, 0.5) is 15.8 Å². The molecule has 2 aromatic rings. The highest BCUT2D eigenvalue weighted by Crippen LogP contribution is 2.50. The van der Waals surface area contributed by atoms with Gasteiger partial charge in [0.25, 0.3) is 0 Å². The lowest BCUT2D eigenvalue weighted by Crippen LogP contribution is -2.34. The Kier molecular flexibility index (Phi) is 4.22. The van der Waals surface area contributed by atoms with Crippen molar-refractivity contribution in [3.8, 4) is 0 Å². The fraction of sp³-hybridized carbons (Fsp3) is 0.350. The number of rotatable bonds is 4. The van der Waals surface area contributed by atoms with Crippen LogP contribution in [0.3, 0.4) is 0 Å². The van der Waals surface area contributed by atoms with Crippen molar-refractivity contribution in [2.24, 2.45) is 0 Å². The van der Waals surface area contributed by atoms with Gasteiger partial charge in [-0.05, 0) is 55.5 Å². The molecule has 142 valence electrons. The van der Waals surface area contributed by atoms with E-state index in [4.69, 9.17) is 0 Å². The molecule has 27 heavy (non-hydrogen) atoms. The Hall–Kier alpha value is -2.41. The lowest BCUT2D eigenvalue weighted by atomic mass is 9.94. The van der Waals surface area contributed by atoms with Crippen molar-refractivity contribution < 1.29 is 17.6 Å². The van der Waals surface area contributed by atoms with Gasteiger partial charge >= 0.3 is 0 Å². The summed E-state index contributed by atoms with van der Waals surface area (Å²) in [4.78, 5) is 12.9. The Labute approximate surface area is 158 Å². The third-order valence-corrected chi connectivity index (χ3v) is 6.57. The Balaban J connectivity index is 1.59. The second-order valence-electron chi connectivity index (χ2n) is 7.30. The van der Waals surface area contributed by atoms with Crippen LogP contribution in [0.15, 0.2) is 42.5 Å². The summed E-state index contributed by atoms with van der Waals surface area (Å²) >= 11 is 0. The number of fused-ring (bicyclic) bond motifs is 1. The molecule has 5 nitrogen and oxygen atoms in total. The van der Waals surface area contributed by atoms with Crippen LogP contribution < -0.4 is 9.62 Å². The zero-order chi connectivity index (χ0) is 19.2. The van der Waals surface area contributed by atoms with Crippen LogP contribution in [0.2, 0.25) is 0 Å². The largest absolute Gasteiger partial charge is 0.325 e. The van der Waals surface area contributed by atoms with Gasteiger partial charge in [0.05, 0.1) is 17.4 Å².